The van der Waals surface area contributed by atoms with Crippen molar-refractivity contribution >= 4 is 29.0 Å². The minimum atomic E-state index is -0.161. The minimum absolute atomic E-state index is 0.161. The molecule has 28 heavy (non-hydrogen) atoms. The average Bonchev–Trinajstić information content (AvgIpc) is 2.69. The third-order valence-corrected chi connectivity index (χ3v) is 4.59. The number of hydrogen-bond donors (Lipinski definition) is 1. The molecule has 144 valence electrons. The van der Waals surface area contributed by atoms with Gasteiger partial charge in [-0.05, 0) is 55.7 Å². The van der Waals surface area contributed by atoms with Gasteiger partial charge in [0.2, 0.25) is 0 Å². The fourth-order valence-corrected chi connectivity index (χ4v) is 3.15. The number of aromatic nitrogens is 2. The van der Waals surface area contributed by atoms with Crippen molar-refractivity contribution in [1.82, 2.24) is 9.97 Å². The van der Waals surface area contributed by atoms with Crippen molar-refractivity contribution in [1.29, 1.82) is 0 Å². The van der Waals surface area contributed by atoms with Gasteiger partial charge in [-0.25, -0.2) is 9.97 Å². The predicted octanol–water partition coefficient (Wildman–Crippen LogP) is 4.76. The first-order valence-corrected chi connectivity index (χ1v) is 9.63. The summed E-state index contributed by atoms with van der Waals surface area (Å²) in [4.78, 5) is 23.1. The number of amides is 1. The van der Waals surface area contributed by atoms with Crippen molar-refractivity contribution in [2.24, 2.45) is 0 Å². The summed E-state index contributed by atoms with van der Waals surface area (Å²) >= 11 is 6.00. The first kappa shape index (κ1) is 19.8. The third-order valence-electron chi connectivity index (χ3n) is 4.35. The molecule has 0 aliphatic carbocycles. The maximum atomic E-state index is 12.8. The van der Waals surface area contributed by atoms with Gasteiger partial charge >= 0.3 is 0 Å². The van der Waals surface area contributed by atoms with E-state index >= 15 is 0 Å². The number of nitrogens with one attached hydrogen (secondary N) is 1. The van der Waals surface area contributed by atoms with Crippen molar-refractivity contribution in [2.45, 2.75) is 20.3 Å². The second-order valence-electron chi connectivity index (χ2n) is 6.48. The van der Waals surface area contributed by atoms with Crippen molar-refractivity contribution in [3.63, 3.8) is 0 Å². The van der Waals surface area contributed by atoms with Crippen LogP contribution in [-0.2, 0) is 6.42 Å². The molecule has 0 spiro atoms. The van der Waals surface area contributed by atoms with Crippen LogP contribution in [0.25, 0.3) is 0 Å². The summed E-state index contributed by atoms with van der Waals surface area (Å²) in [6.07, 6.45) is 3.93. The van der Waals surface area contributed by atoms with Gasteiger partial charge in [-0.1, -0.05) is 35.9 Å². The summed E-state index contributed by atoms with van der Waals surface area (Å²) in [7, 11) is 0. The molecule has 0 atom stereocenters. The lowest BCUT2D eigenvalue weighted by molar-refractivity contribution is 0.0983. The molecule has 3 aromatic rings. The zero-order valence-electron chi connectivity index (χ0n) is 16.0. The molecule has 5 nitrogen and oxygen atoms in total. The van der Waals surface area contributed by atoms with Crippen LogP contribution in [0.2, 0.25) is 5.02 Å². The van der Waals surface area contributed by atoms with Crippen LogP contribution in [0.4, 0.5) is 11.5 Å². The Morgan fingerprint density at radius 3 is 2.61 bits per heavy atom. The van der Waals surface area contributed by atoms with E-state index in [1.807, 2.05) is 62.4 Å². The lowest BCUT2D eigenvalue weighted by Crippen LogP contribution is -2.31. The fourth-order valence-electron chi connectivity index (χ4n) is 2.93. The number of benzene rings is 2. The quantitative estimate of drug-likeness (QED) is 0.627. The van der Waals surface area contributed by atoms with E-state index < -0.39 is 0 Å². The summed E-state index contributed by atoms with van der Waals surface area (Å²) in [6.45, 7) is 5.21. The lowest BCUT2D eigenvalue weighted by Gasteiger charge is -2.21. The first-order valence-electron chi connectivity index (χ1n) is 9.25. The maximum absolute atomic E-state index is 12.8. The molecule has 1 N–H and O–H groups in total. The molecule has 1 amide bonds. The molecular weight excluding hydrogens is 372 g/mol. The van der Waals surface area contributed by atoms with Crippen molar-refractivity contribution in [3.05, 3.63) is 82.8 Å². The van der Waals surface area contributed by atoms with Crippen LogP contribution in [0.1, 0.15) is 28.5 Å². The van der Waals surface area contributed by atoms with Crippen molar-refractivity contribution < 1.29 is 4.79 Å². The number of aryl methyl sites for hydroxylation is 1. The van der Waals surface area contributed by atoms with E-state index in [-0.39, 0.29) is 5.91 Å². The molecule has 0 bridgehead atoms. The zero-order valence-corrected chi connectivity index (χ0v) is 16.8. The van der Waals surface area contributed by atoms with Crippen LogP contribution in [-0.4, -0.2) is 29.0 Å². The lowest BCUT2D eigenvalue weighted by atomic mass is 10.1. The second-order valence-corrected chi connectivity index (χ2v) is 6.92. The van der Waals surface area contributed by atoms with Gasteiger partial charge in [-0.15, -0.1) is 0 Å². The SMILES string of the molecule is CCN(C(=O)c1cnc(NCCc2cccc(Cl)c2)cn1)c1cccc(C)c1. The van der Waals surface area contributed by atoms with Crippen LogP contribution in [0.3, 0.4) is 0 Å². The van der Waals surface area contributed by atoms with Crippen LogP contribution in [0.5, 0.6) is 0 Å². The van der Waals surface area contributed by atoms with Gasteiger partial charge in [0.1, 0.15) is 11.5 Å². The van der Waals surface area contributed by atoms with E-state index in [1.165, 1.54) is 6.20 Å². The number of halogens is 1. The number of carbonyl (C=O) groups excluding carboxylic acids is 1. The van der Waals surface area contributed by atoms with Gasteiger partial charge in [0.15, 0.2) is 0 Å². The molecule has 1 aromatic heterocycles. The molecule has 0 fully saturated rings. The van der Waals surface area contributed by atoms with Crippen LogP contribution >= 0.6 is 11.6 Å². The summed E-state index contributed by atoms with van der Waals surface area (Å²) < 4.78 is 0. The van der Waals surface area contributed by atoms with Gasteiger partial charge < -0.3 is 10.2 Å². The molecule has 2 aromatic carbocycles. The highest BCUT2D eigenvalue weighted by Crippen LogP contribution is 2.18. The molecule has 0 saturated carbocycles. The molecule has 1 heterocycles. The Balaban J connectivity index is 1.62. The number of rotatable bonds is 7. The van der Waals surface area contributed by atoms with Gasteiger partial charge in [0.05, 0.1) is 12.4 Å². The normalized spacial score (nSPS) is 10.5. The summed E-state index contributed by atoms with van der Waals surface area (Å²) in [6, 6.07) is 15.6. The summed E-state index contributed by atoms with van der Waals surface area (Å²) in [5.74, 6) is 0.475. The molecule has 0 saturated heterocycles. The largest absolute Gasteiger partial charge is 0.368 e. The monoisotopic (exact) mass is 394 g/mol. The van der Waals surface area contributed by atoms with E-state index in [1.54, 1.807) is 11.1 Å². The fraction of sp³-hybridized carbons (Fsp3) is 0.227. The molecule has 0 radical (unpaired) electrons. The van der Waals surface area contributed by atoms with E-state index in [4.69, 9.17) is 11.6 Å². The van der Waals surface area contributed by atoms with Crippen molar-refractivity contribution in [3.8, 4) is 0 Å². The van der Waals surface area contributed by atoms with Gasteiger partial charge in [-0.2, -0.15) is 0 Å². The van der Waals surface area contributed by atoms with E-state index in [2.05, 4.69) is 15.3 Å². The standard InChI is InChI=1S/C22H23ClN4O/c1-3-27(19-9-4-6-16(2)12-19)22(28)20-14-26-21(15-25-20)24-11-10-17-7-5-8-18(23)13-17/h4-9,12-15H,3,10-11H2,1-2H3,(H,24,26). The van der Waals surface area contributed by atoms with E-state index in [0.29, 0.717) is 24.6 Å². The average molecular weight is 395 g/mol. The first-order chi connectivity index (χ1) is 13.6. The Morgan fingerprint density at radius 2 is 1.93 bits per heavy atom. The summed E-state index contributed by atoms with van der Waals surface area (Å²) in [5.41, 5.74) is 3.44. The van der Waals surface area contributed by atoms with Crippen LogP contribution < -0.4 is 10.2 Å². The van der Waals surface area contributed by atoms with Gasteiger partial charge in [-0.3, -0.25) is 4.79 Å². The Hall–Kier alpha value is -2.92. The Bertz CT molecular complexity index is 943. The number of hydrogen-bond acceptors (Lipinski definition) is 4. The maximum Gasteiger partial charge on any atom is 0.278 e. The minimum Gasteiger partial charge on any atom is -0.368 e. The second kappa shape index (κ2) is 9.33. The Morgan fingerprint density at radius 1 is 1.11 bits per heavy atom. The van der Waals surface area contributed by atoms with Gasteiger partial charge in [0.25, 0.3) is 5.91 Å². The smallest absolute Gasteiger partial charge is 0.278 e. The molecule has 3 rings (SSSR count). The molecule has 0 unspecified atom stereocenters. The van der Waals surface area contributed by atoms with E-state index in [9.17, 15) is 4.79 Å². The predicted molar refractivity (Wildman–Crippen MR) is 114 cm³/mol. The highest BCUT2D eigenvalue weighted by molar-refractivity contribution is 6.30. The number of nitrogens with zero attached hydrogens (tertiary/aromatic N) is 3. The highest BCUT2D eigenvalue weighted by atomic mass is 35.5. The Kier molecular flexibility index (Phi) is 6.61. The van der Waals surface area contributed by atoms with Crippen LogP contribution in [0, 0.1) is 6.92 Å². The summed E-state index contributed by atoms with van der Waals surface area (Å²) in [5, 5.41) is 3.95. The van der Waals surface area contributed by atoms with Crippen LogP contribution in [0.15, 0.2) is 60.9 Å². The topological polar surface area (TPSA) is 58.1 Å². The zero-order chi connectivity index (χ0) is 19.9. The molecular formula is C22H23ClN4O. The van der Waals surface area contributed by atoms with E-state index in [0.717, 1.165) is 28.3 Å². The molecule has 6 heteroatoms. The number of carbonyl (C=O) groups is 1. The van der Waals surface area contributed by atoms with Crippen molar-refractivity contribution in [2.75, 3.05) is 23.3 Å². The highest BCUT2D eigenvalue weighted by Gasteiger charge is 2.17. The number of anilines is 2. The molecule has 0 aliphatic rings. The van der Waals surface area contributed by atoms with Gasteiger partial charge in [0, 0.05) is 23.8 Å². The Labute approximate surface area is 170 Å². The third kappa shape index (κ3) is 5.08. The molecule has 0 aliphatic heterocycles.